The molecule has 1 aromatic heterocycles. The molecule has 0 aliphatic heterocycles. The highest BCUT2D eigenvalue weighted by atomic mass is 19.1. The van der Waals surface area contributed by atoms with Crippen LogP contribution < -0.4 is 0 Å². The van der Waals surface area contributed by atoms with Crippen molar-refractivity contribution < 1.29 is 27.9 Å². The van der Waals surface area contributed by atoms with Gasteiger partial charge in [0.25, 0.3) is 5.91 Å². The Balaban J connectivity index is 1.86. The fraction of sp³-hybridized carbons (Fsp3) is 0.250. The van der Waals surface area contributed by atoms with Gasteiger partial charge in [-0.2, -0.15) is 0 Å². The summed E-state index contributed by atoms with van der Waals surface area (Å²) in [5.74, 6) is -3.41. The van der Waals surface area contributed by atoms with Crippen molar-refractivity contribution in [3.05, 3.63) is 59.1 Å². The lowest BCUT2D eigenvalue weighted by atomic mass is 10.1. The van der Waals surface area contributed by atoms with Crippen molar-refractivity contribution in [3.8, 4) is 0 Å². The predicted molar refractivity (Wildman–Crippen MR) is 74.9 cm³/mol. The first-order valence-electron chi connectivity index (χ1n) is 7.03. The van der Waals surface area contributed by atoms with Crippen LogP contribution in [0.3, 0.4) is 0 Å². The van der Waals surface area contributed by atoms with Crippen molar-refractivity contribution in [2.75, 3.05) is 0 Å². The maximum absolute atomic E-state index is 13.8. The monoisotopic (exact) mass is 321 g/mol. The van der Waals surface area contributed by atoms with E-state index in [1.165, 1.54) is 11.0 Å². The summed E-state index contributed by atoms with van der Waals surface area (Å²) in [5.41, 5.74) is -0.348. The van der Waals surface area contributed by atoms with Crippen molar-refractivity contribution >= 4 is 11.9 Å². The Morgan fingerprint density at radius 2 is 1.91 bits per heavy atom. The summed E-state index contributed by atoms with van der Waals surface area (Å²) in [6.07, 6.45) is 2.42. The second-order valence-electron chi connectivity index (χ2n) is 5.37. The van der Waals surface area contributed by atoms with Crippen LogP contribution in [-0.4, -0.2) is 27.9 Å². The van der Waals surface area contributed by atoms with Crippen molar-refractivity contribution in [1.29, 1.82) is 0 Å². The van der Waals surface area contributed by atoms with Crippen LogP contribution in [0, 0.1) is 11.6 Å². The van der Waals surface area contributed by atoms with E-state index in [0.29, 0.717) is 0 Å². The molecule has 1 heterocycles. The third-order valence-electron chi connectivity index (χ3n) is 3.70. The van der Waals surface area contributed by atoms with Gasteiger partial charge in [-0.15, -0.1) is 0 Å². The third kappa shape index (κ3) is 3.08. The number of halogens is 2. The molecule has 3 rings (SSSR count). The maximum Gasteiger partial charge on any atom is 0.338 e. The van der Waals surface area contributed by atoms with Crippen LogP contribution in [0.25, 0.3) is 0 Å². The summed E-state index contributed by atoms with van der Waals surface area (Å²) in [5, 5.41) is 8.86. The minimum Gasteiger partial charge on any atom is -0.478 e. The standard InChI is InChI=1S/C16H13F2NO4/c17-12-2-1-3-13(18)11(12)7-19(10-4-5-10)15(20)14-6-9(8-23-14)16(21)22/h1-3,6,8,10H,4-5,7H2,(H,21,22). The molecule has 1 aromatic carbocycles. The number of carbonyl (C=O) groups is 2. The normalized spacial score (nSPS) is 13.8. The van der Waals surface area contributed by atoms with Crippen LogP contribution in [-0.2, 0) is 6.54 Å². The number of carbonyl (C=O) groups excluding carboxylic acids is 1. The lowest BCUT2D eigenvalue weighted by Crippen LogP contribution is -2.33. The van der Waals surface area contributed by atoms with Crippen LogP contribution in [0.1, 0.15) is 39.3 Å². The lowest BCUT2D eigenvalue weighted by molar-refractivity contribution is 0.0686. The number of furan rings is 1. The molecule has 0 atom stereocenters. The van der Waals surface area contributed by atoms with Crippen molar-refractivity contribution in [1.82, 2.24) is 4.90 Å². The van der Waals surface area contributed by atoms with Crippen LogP contribution in [0.2, 0.25) is 0 Å². The van der Waals surface area contributed by atoms with Gasteiger partial charge in [0, 0.05) is 17.7 Å². The van der Waals surface area contributed by atoms with Gasteiger partial charge in [-0.1, -0.05) is 6.07 Å². The highest BCUT2D eigenvalue weighted by Crippen LogP contribution is 2.31. The number of nitrogens with zero attached hydrogens (tertiary/aromatic N) is 1. The van der Waals surface area contributed by atoms with E-state index in [2.05, 4.69) is 0 Å². The molecule has 0 spiro atoms. The Labute approximate surface area is 130 Å². The van der Waals surface area contributed by atoms with Crippen LogP contribution in [0.15, 0.2) is 34.9 Å². The number of hydrogen-bond donors (Lipinski definition) is 1. The SMILES string of the molecule is O=C(O)c1coc(C(=O)N(Cc2c(F)cccc2F)C2CC2)c1. The summed E-state index contributed by atoms with van der Waals surface area (Å²) >= 11 is 0. The molecule has 0 saturated heterocycles. The van der Waals surface area contributed by atoms with Gasteiger partial charge in [0.1, 0.15) is 17.9 Å². The van der Waals surface area contributed by atoms with Gasteiger partial charge >= 0.3 is 5.97 Å². The van der Waals surface area contributed by atoms with Gasteiger partial charge < -0.3 is 14.4 Å². The molecule has 1 saturated carbocycles. The van der Waals surface area contributed by atoms with E-state index < -0.39 is 23.5 Å². The second kappa shape index (κ2) is 5.83. The number of rotatable bonds is 5. The summed E-state index contributed by atoms with van der Waals surface area (Å²) in [6, 6.07) is 4.49. The molecule has 1 aliphatic carbocycles. The van der Waals surface area contributed by atoms with E-state index in [0.717, 1.165) is 37.3 Å². The minimum atomic E-state index is -1.22. The molecule has 1 amide bonds. The van der Waals surface area contributed by atoms with Crippen molar-refractivity contribution in [2.45, 2.75) is 25.4 Å². The smallest absolute Gasteiger partial charge is 0.338 e. The molecule has 0 unspecified atom stereocenters. The molecule has 120 valence electrons. The van der Waals surface area contributed by atoms with Gasteiger partial charge in [-0.3, -0.25) is 4.79 Å². The van der Waals surface area contributed by atoms with Crippen molar-refractivity contribution in [3.63, 3.8) is 0 Å². The zero-order valence-corrected chi connectivity index (χ0v) is 12.0. The van der Waals surface area contributed by atoms with Gasteiger partial charge in [0.15, 0.2) is 5.76 Å². The van der Waals surface area contributed by atoms with Crippen LogP contribution in [0.5, 0.6) is 0 Å². The van der Waals surface area contributed by atoms with E-state index in [-0.39, 0.29) is 29.5 Å². The highest BCUT2D eigenvalue weighted by molar-refractivity contribution is 5.95. The van der Waals surface area contributed by atoms with Crippen LogP contribution in [0.4, 0.5) is 8.78 Å². The molecule has 0 radical (unpaired) electrons. The number of carboxylic acid groups (broad SMARTS) is 1. The Kier molecular flexibility index (Phi) is 3.85. The Morgan fingerprint density at radius 1 is 1.26 bits per heavy atom. The fourth-order valence-electron chi connectivity index (χ4n) is 2.31. The lowest BCUT2D eigenvalue weighted by Gasteiger charge is -2.22. The summed E-state index contributed by atoms with van der Waals surface area (Å²) in [7, 11) is 0. The maximum atomic E-state index is 13.8. The Hall–Kier alpha value is -2.70. The molecule has 23 heavy (non-hydrogen) atoms. The largest absolute Gasteiger partial charge is 0.478 e. The average Bonchev–Trinajstić information content (AvgIpc) is 3.21. The van der Waals surface area contributed by atoms with E-state index >= 15 is 0 Å². The quantitative estimate of drug-likeness (QED) is 0.919. The first-order valence-corrected chi connectivity index (χ1v) is 7.03. The van der Waals surface area contributed by atoms with E-state index in [1.807, 2.05) is 0 Å². The second-order valence-corrected chi connectivity index (χ2v) is 5.37. The number of amides is 1. The first-order chi connectivity index (χ1) is 11.0. The molecule has 0 bridgehead atoms. The molecule has 1 N–H and O–H groups in total. The van der Waals surface area contributed by atoms with Gasteiger partial charge in [-0.05, 0) is 25.0 Å². The first kappa shape index (κ1) is 15.2. The zero-order chi connectivity index (χ0) is 16.6. The number of hydrogen-bond acceptors (Lipinski definition) is 3. The number of carboxylic acids is 1. The van der Waals surface area contributed by atoms with E-state index in [9.17, 15) is 18.4 Å². The van der Waals surface area contributed by atoms with Gasteiger partial charge in [0.2, 0.25) is 0 Å². The third-order valence-corrected chi connectivity index (χ3v) is 3.70. The molecule has 2 aromatic rings. The minimum absolute atomic E-state index is 0.125. The Bertz CT molecular complexity index is 747. The summed E-state index contributed by atoms with van der Waals surface area (Å²) in [6.45, 7) is -0.231. The molecule has 1 aliphatic rings. The van der Waals surface area contributed by atoms with Crippen molar-refractivity contribution in [2.24, 2.45) is 0 Å². The highest BCUT2D eigenvalue weighted by Gasteiger charge is 2.35. The molecule has 5 nitrogen and oxygen atoms in total. The molecule has 1 fully saturated rings. The van der Waals surface area contributed by atoms with Gasteiger partial charge in [0.05, 0.1) is 12.1 Å². The molecular weight excluding hydrogens is 308 g/mol. The predicted octanol–water partition coefficient (Wildman–Crippen LogP) is 3.06. The van der Waals surface area contributed by atoms with Crippen LogP contribution >= 0.6 is 0 Å². The van der Waals surface area contributed by atoms with Gasteiger partial charge in [-0.25, -0.2) is 13.6 Å². The average molecular weight is 321 g/mol. The fourth-order valence-corrected chi connectivity index (χ4v) is 2.31. The summed E-state index contributed by atoms with van der Waals surface area (Å²) in [4.78, 5) is 24.6. The number of aromatic carboxylic acids is 1. The molecular formula is C16H13F2NO4. The van der Waals surface area contributed by atoms with E-state index in [4.69, 9.17) is 9.52 Å². The Morgan fingerprint density at radius 3 is 2.43 bits per heavy atom. The summed E-state index contributed by atoms with van der Waals surface area (Å²) < 4.78 is 32.6. The van der Waals surface area contributed by atoms with E-state index in [1.54, 1.807) is 0 Å². The molecule has 7 heteroatoms. The zero-order valence-electron chi connectivity index (χ0n) is 12.0. The number of benzene rings is 1. The topological polar surface area (TPSA) is 70.7 Å².